The Morgan fingerprint density at radius 3 is 1.03 bits per heavy atom. The second kappa shape index (κ2) is 9.85. The number of hydrogen-bond acceptors (Lipinski definition) is 4. The molecule has 0 spiro atoms. The molecule has 0 saturated heterocycles. The molecule has 30 heavy (non-hydrogen) atoms. The fourth-order valence-electron chi connectivity index (χ4n) is 2.97. The van der Waals surface area contributed by atoms with Gasteiger partial charge in [0.2, 0.25) is 0 Å². The van der Waals surface area contributed by atoms with E-state index in [1.165, 1.54) is 0 Å². The first-order valence-electron chi connectivity index (χ1n) is 9.79. The SMILES string of the molecule is c1ccc(N/N=C(\C(=N\Nc2ccccc2)c2ccccc2)c2ccccc2)cc1. The second-order valence-electron chi connectivity index (χ2n) is 6.61. The van der Waals surface area contributed by atoms with Gasteiger partial charge in [0.15, 0.2) is 0 Å². The maximum atomic E-state index is 4.75. The van der Waals surface area contributed by atoms with E-state index in [2.05, 4.69) is 10.9 Å². The average molecular weight is 390 g/mol. The summed E-state index contributed by atoms with van der Waals surface area (Å²) >= 11 is 0. The van der Waals surface area contributed by atoms with Gasteiger partial charge in [-0.05, 0) is 24.3 Å². The molecule has 146 valence electrons. The van der Waals surface area contributed by atoms with Crippen LogP contribution in [0.2, 0.25) is 0 Å². The Morgan fingerprint density at radius 1 is 0.400 bits per heavy atom. The van der Waals surface area contributed by atoms with Crippen LogP contribution in [-0.2, 0) is 0 Å². The van der Waals surface area contributed by atoms with Gasteiger partial charge in [0.05, 0.1) is 11.4 Å². The topological polar surface area (TPSA) is 48.8 Å². The van der Waals surface area contributed by atoms with Gasteiger partial charge < -0.3 is 0 Å². The van der Waals surface area contributed by atoms with Crippen LogP contribution >= 0.6 is 0 Å². The molecule has 4 aromatic rings. The largest absolute Gasteiger partial charge is 0.278 e. The number of para-hydroxylation sites is 2. The first kappa shape index (κ1) is 19.2. The fraction of sp³-hybridized carbons (Fsp3) is 0. The Bertz CT molecular complexity index is 1010. The molecule has 4 rings (SSSR count). The monoisotopic (exact) mass is 390 g/mol. The van der Waals surface area contributed by atoms with Crippen molar-refractivity contribution >= 4 is 22.8 Å². The molecule has 0 bridgehead atoms. The predicted octanol–water partition coefficient (Wildman–Crippen LogP) is 6.02. The van der Waals surface area contributed by atoms with Crippen LogP contribution in [0.4, 0.5) is 11.4 Å². The highest BCUT2D eigenvalue weighted by molar-refractivity contribution is 6.53. The minimum atomic E-state index is 0.745. The Morgan fingerprint density at radius 2 is 0.700 bits per heavy atom. The highest BCUT2D eigenvalue weighted by Gasteiger charge is 2.15. The summed E-state index contributed by atoms with van der Waals surface area (Å²) in [7, 11) is 0. The molecule has 0 atom stereocenters. The number of benzene rings is 4. The summed E-state index contributed by atoms with van der Waals surface area (Å²) in [6.07, 6.45) is 0. The van der Waals surface area contributed by atoms with Gasteiger partial charge in [0.1, 0.15) is 11.4 Å². The molecule has 0 aliphatic rings. The van der Waals surface area contributed by atoms with Gasteiger partial charge >= 0.3 is 0 Å². The molecule has 0 unspecified atom stereocenters. The van der Waals surface area contributed by atoms with Crippen molar-refractivity contribution in [2.24, 2.45) is 10.2 Å². The molecule has 0 heterocycles. The molecule has 4 heteroatoms. The van der Waals surface area contributed by atoms with Gasteiger partial charge in [-0.15, -0.1) is 0 Å². The van der Waals surface area contributed by atoms with Gasteiger partial charge in [0.25, 0.3) is 0 Å². The molecule has 4 nitrogen and oxygen atoms in total. The molecular weight excluding hydrogens is 368 g/mol. The van der Waals surface area contributed by atoms with E-state index in [1.807, 2.05) is 121 Å². The Labute approximate surface area is 176 Å². The highest BCUT2D eigenvalue weighted by Crippen LogP contribution is 2.14. The van der Waals surface area contributed by atoms with E-state index in [4.69, 9.17) is 10.2 Å². The molecular formula is C26H22N4. The summed E-state index contributed by atoms with van der Waals surface area (Å²) in [4.78, 5) is 0. The van der Waals surface area contributed by atoms with Crippen LogP contribution < -0.4 is 10.9 Å². The van der Waals surface area contributed by atoms with Crippen LogP contribution in [0.3, 0.4) is 0 Å². The van der Waals surface area contributed by atoms with Crippen LogP contribution in [0.1, 0.15) is 11.1 Å². The van der Waals surface area contributed by atoms with Crippen molar-refractivity contribution < 1.29 is 0 Å². The Hall–Kier alpha value is -4.18. The van der Waals surface area contributed by atoms with Crippen LogP contribution in [-0.4, -0.2) is 11.4 Å². The first-order chi connectivity index (χ1) is 14.9. The Kier molecular flexibility index (Phi) is 6.28. The highest BCUT2D eigenvalue weighted by atomic mass is 15.3. The zero-order chi connectivity index (χ0) is 20.4. The predicted molar refractivity (Wildman–Crippen MR) is 126 cm³/mol. The van der Waals surface area contributed by atoms with Gasteiger partial charge in [-0.3, -0.25) is 10.9 Å². The molecule has 0 saturated carbocycles. The molecule has 0 fully saturated rings. The minimum absolute atomic E-state index is 0.745. The van der Waals surface area contributed by atoms with Crippen LogP contribution in [0, 0.1) is 0 Å². The van der Waals surface area contributed by atoms with E-state index in [0.29, 0.717) is 0 Å². The normalized spacial score (nSPS) is 11.7. The summed E-state index contributed by atoms with van der Waals surface area (Å²) in [5.41, 5.74) is 11.6. The lowest BCUT2D eigenvalue weighted by Crippen LogP contribution is -2.20. The van der Waals surface area contributed by atoms with Gasteiger partial charge in [-0.1, -0.05) is 97.1 Å². The van der Waals surface area contributed by atoms with Crippen molar-refractivity contribution in [1.29, 1.82) is 0 Å². The third kappa shape index (κ3) is 5.00. The molecule has 4 aromatic carbocycles. The number of hydrogen-bond donors (Lipinski definition) is 2. The zero-order valence-corrected chi connectivity index (χ0v) is 16.4. The number of hydrazone groups is 2. The summed E-state index contributed by atoms with van der Waals surface area (Å²) in [6, 6.07) is 39.9. The van der Waals surface area contributed by atoms with Crippen molar-refractivity contribution in [3.63, 3.8) is 0 Å². The van der Waals surface area contributed by atoms with Gasteiger partial charge in [-0.25, -0.2) is 0 Å². The maximum Gasteiger partial charge on any atom is 0.119 e. The third-order valence-corrected chi connectivity index (χ3v) is 4.46. The number of nitrogens with one attached hydrogen (secondary N) is 2. The minimum Gasteiger partial charge on any atom is -0.278 e. The van der Waals surface area contributed by atoms with Crippen LogP contribution in [0.15, 0.2) is 132 Å². The lowest BCUT2D eigenvalue weighted by Gasteiger charge is -2.12. The van der Waals surface area contributed by atoms with Crippen molar-refractivity contribution in [2.45, 2.75) is 0 Å². The van der Waals surface area contributed by atoms with E-state index >= 15 is 0 Å². The lowest BCUT2D eigenvalue weighted by molar-refractivity contribution is 1.31. The molecule has 2 N–H and O–H groups in total. The number of rotatable bonds is 7. The maximum absolute atomic E-state index is 4.75. The smallest absolute Gasteiger partial charge is 0.119 e. The third-order valence-electron chi connectivity index (χ3n) is 4.46. The average Bonchev–Trinajstić information content (AvgIpc) is 2.83. The quantitative estimate of drug-likeness (QED) is 0.299. The van der Waals surface area contributed by atoms with Crippen LogP contribution in [0.25, 0.3) is 0 Å². The van der Waals surface area contributed by atoms with Crippen LogP contribution in [0.5, 0.6) is 0 Å². The molecule has 0 aliphatic carbocycles. The second-order valence-corrected chi connectivity index (χ2v) is 6.61. The lowest BCUT2D eigenvalue weighted by atomic mass is 10.00. The van der Waals surface area contributed by atoms with E-state index in [0.717, 1.165) is 33.9 Å². The molecule has 0 aliphatic heterocycles. The fourth-order valence-corrected chi connectivity index (χ4v) is 2.97. The van der Waals surface area contributed by atoms with E-state index < -0.39 is 0 Å². The summed E-state index contributed by atoms with van der Waals surface area (Å²) in [6.45, 7) is 0. The Balaban J connectivity index is 1.78. The zero-order valence-electron chi connectivity index (χ0n) is 16.4. The van der Waals surface area contributed by atoms with Crippen molar-refractivity contribution in [3.05, 3.63) is 132 Å². The number of anilines is 2. The van der Waals surface area contributed by atoms with Crippen molar-refractivity contribution in [2.75, 3.05) is 10.9 Å². The number of nitrogens with zero attached hydrogens (tertiary/aromatic N) is 2. The molecule has 0 amide bonds. The van der Waals surface area contributed by atoms with E-state index in [-0.39, 0.29) is 0 Å². The van der Waals surface area contributed by atoms with Crippen molar-refractivity contribution in [3.8, 4) is 0 Å². The molecule has 0 radical (unpaired) electrons. The van der Waals surface area contributed by atoms with Gasteiger partial charge in [0, 0.05) is 11.1 Å². The van der Waals surface area contributed by atoms with E-state index in [1.54, 1.807) is 0 Å². The summed E-state index contributed by atoms with van der Waals surface area (Å²) in [5.74, 6) is 0. The summed E-state index contributed by atoms with van der Waals surface area (Å²) < 4.78 is 0. The van der Waals surface area contributed by atoms with Gasteiger partial charge in [-0.2, -0.15) is 10.2 Å². The first-order valence-corrected chi connectivity index (χ1v) is 9.79. The van der Waals surface area contributed by atoms with E-state index in [9.17, 15) is 0 Å². The molecule has 0 aromatic heterocycles. The van der Waals surface area contributed by atoms with Crippen molar-refractivity contribution in [1.82, 2.24) is 0 Å². The summed E-state index contributed by atoms with van der Waals surface area (Å²) in [5, 5.41) is 9.50. The standard InChI is InChI=1S/C26H22N4/c1-5-13-21(14-6-1)25(29-27-23-17-9-3-10-18-23)26(22-15-7-2-8-16-22)30-28-24-19-11-4-12-20-24/h1-20,27-28H/b29-25-,30-26+.